The summed E-state index contributed by atoms with van der Waals surface area (Å²) >= 11 is 0. The van der Waals surface area contributed by atoms with Crippen molar-refractivity contribution in [2.75, 3.05) is 6.54 Å². The van der Waals surface area contributed by atoms with Crippen LogP contribution in [0.1, 0.15) is 42.4 Å². The summed E-state index contributed by atoms with van der Waals surface area (Å²) in [6.07, 6.45) is 5.83. The van der Waals surface area contributed by atoms with E-state index in [1.165, 1.54) is 6.33 Å². The van der Waals surface area contributed by atoms with Gasteiger partial charge in [-0.3, -0.25) is 0 Å². The molecule has 1 aliphatic heterocycles. The molecule has 0 fully saturated rings. The van der Waals surface area contributed by atoms with Crippen molar-refractivity contribution in [1.29, 1.82) is 0 Å². The molecule has 2 amide bonds. The van der Waals surface area contributed by atoms with Gasteiger partial charge in [0.1, 0.15) is 18.5 Å². The molecule has 28 heavy (non-hydrogen) atoms. The van der Waals surface area contributed by atoms with Crippen molar-refractivity contribution in [2.45, 2.75) is 39.3 Å². The van der Waals surface area contributed by atoms with E-state index >= 15 is 0 Å². The average molecular weight is 377 g/mol. The second-order valence-electron chi connectivity index (χ2n) is 7.20. The molecular formula is C20H23N7O. The van der Waals surface area contributed by atoms with Gasteiger partial charge in [0.05, 0.1) is 17.9 Å². The normalized spacial score (nSPS) is 13.5. The number of hydrogen-bond acceptors (Lipinski definition) is 5. The molecule has 144 valence electrons. The van der Waals surface area contributed by atoms with E-state index in [0.717, 1.165) is 34.8 Å². The molecule has 4 rings (SSSR count). The van der Waals surface area contributed by atoms with Crippen LogP contribution in [0.5, 0.6) is 0 Å². The first-order chi connectivity index (χ1) is 13.6. The number of urea groups is 1. The number of nitrogens with zero attached hydrogens (tertiary/aromatic N) is 6. The fourth-order valence-electron chi connectivity index (χ4n) is 3.21. The van der Waals surface area contributed by atoms with Gasteiger partial charge in [-0.05, 0) is 29.7 Å². The van der Waals surface area contributed by atoms with Crippen LogP contribution in [0, 0.1) is 0 Å². The van der Waals surface area contributed by atoms with Gasteiger partial charge in [-0.1, -0.05) is 26.0 Å². The molecule has 1 N–H and O–H groups in total. The number of rotatable bonds is 4. The maximum absolute atomic E-state index is 12.7. The molecule has 2 aromatic heterocycles. The van der Waals surface area contributed by atoms with Crippen molar-refractivity contribution in [1.82, 2.24) is 34.9 Å². The van der Waals surface area contributed by atoms with E-state index in [1.807, 2.05) is 30.5 Å². The van der Waals surface area contributed by atoms with E-state index in [0.29, 0.717) is 19.6 Å². The third-order valence-electron chi connectivity index (χ3n) is 4.81. The number of aromatic nitrogens is 5. The molecule has 3 aromatic rings. The maximum Gasteiger partial charge on any atom is 0.318 e. The van der Waals surface area contributed by atoms with Gasteiger partial charge in [-0.2, -0.15) is 5.10 Å². The monoisotopic (exact) mass is 377 g/mol. The molecule has 0 saturated carbocycles. The highest BCUT2D eigenvalue weighted by atomic mass is 16.2. The van der Waals surface area contributed by atoms with Crippen LogP contribution in [0.2, 0.25) is 0 Å². The Morgan fingerprint density at radius 3 is 3.00 bits per heavy atom. The number of nitrogens with one attached hydrogen (secondary N) is 1. The highest BCUT2D eigenvalue weighted by Gasteiger charge is 2.22. The summed E-state index contributed by atoms with van der Waals surface area (Å²) in [5, 5.41) is 7.14. The predicted octanol–water partition coefficient (Wildman–Crippen LogP) is 2.45. The zero-order valence-electron chi connectivity index (χ0n) is 16.0. The van der Waals surface area contributed by atoms with Crippen LogP contribution in [0.4, 0.5) is 4.79 Å². The Bertz CT molecular complexity index is 968. The zero-order valence-corrected chi connectivity index (χ0v) is 16.0. The molecular weight excluding hydrogens is 354 g/mol. The van der Waals surface area contributed by atoms with Crippen molar-refractivity contribution in [3.05, 3.63) is 65.8 Å². The predicted molar refractivity (Wildman–Crippen MR) is 104 cm³/mol. The number of fused-ring (bicyclic) bond motifs is 1. The molecule has 1 aliphatic rings. The Hall–Kier alpha value is -3.29. The highest BCUT2D eigenvalue weighted by molar-refractivity contribution is 5.74. The SMILES string of the molecule is CC(C)c1ncc2c(n1)CN(C(=O)NCc1cccc(-n3cncn3)c1)CC2. The molecule has 0 unspecified atom stereocenters. The second-order valence-corrected chi connectivity index (χ2v) is 7.20. The Balaban J connectivity index is 1.40. The van der Waals surface area contributed by atoms with Crippen molar-refractivity contribution < 1.29 is 4.79 Å². The molecule has 3 heterocycles. The highest BCUT2D eigenvalue weighted by Crippen LogP contribution is 2.19. The second kappa shape index (κ2) is 7.75. The quantitative estimate of drug-likeness (QED) is 0.754. The summed E-state index contributed by atoms with van der Waals surface area (Å²) < 4.78 is 1.69. The van der Waals surface area contributed by atoms with Gasteiger partial charge < -0.3 is 10.2 Å². The number of hydrogen-bond donors (Lipinski definition) is 1. The minimum atomic E-state index is -0.0819. The van der Waals surface area contributed by atoms with Gasteiger partial charge >= 0.3 is 6.03 Å². The number of amides is 2. The molecule has 0 atom stereocenters. The summed E-state index contributed by atoms with van der Waals surface area (Å²) in [7, 11) is 0. The number of benzene rings is 1. The van der Waals surface area contributed by atoms with Crippen LogP contribution >= 0.6 is 0 Å². The van der Waals surface area contributed by atoms with Crippen LogP contribution in [0.25, 0.3) is 5.69 Å². The fourth-order valence-corrected chi connectivity index (χ4v) is 3.21. The van der Waals surface area contributed by atoms with Gasteiger partial charge in [0.2, 0.25) is 0 Å². The van der Waals surface area contributed by atoms with Gasteiger partial charge in [-0.25, -0.2) is 24.4 Å². The largest absolute Gasteiger partial charge is 0.334 e. The van der Waals surface area contributed by atoms with E-state index < -0.39 is 0 Å². The molecule has 1 aromatic carbocycles. The van der Waals surface area contributed by atoms with E-state index in [2.05, 4.69) is 39.2 Å². The zero-order chi connectivity index (χ0) is 19.5. The van der Waals surface area contributed by atoms with E-state index in [4.69, 9.17) is 0 Å². The third-order valence-corrected chi connectivity index (χ3v) is 4.81. The Kier molecular flexibility index (Phi) is 5.01. The maximum atomic E-state index is 12.7. The smallest absolute Gasteiger partial charge is 0.318 e. The van der Waals surface area contributed by atoms with E-state index in [1.54, 1.807) is 15.9 Å². The van der Waals surface area contributed by atoms with Crippen molar-refractivity contribution in [3.63, 3.8) is 0 Å². The third kappa shape index (κ3) is 3.85. The van der Waals surface area contributed by atoms with Gasteiger partial charge in [0, 0.05) is 25.2 Å². The lowest BCUT2D eigenvalue weighted by atomic mass is 10.1. The van der Waals surface area contributed by atoms with Crippen LogP contribution in [-0.4, -0.2) is 42.2 Å². The number of carbonyl (C=O) groups is 1. The lowest BCUT2D eigenvalue weighted by Gasteiger charge is -2.28. The first-order valence-electron chi connectivity index (χ1n) is 9.41. The summed E-state index contributed by atoms with van der Waals surface area (Å²) in [6, 6.07) is 7.78. The topological polar surface area (TPSA) is 88.8 Å². The first kappa shape index (κ1) is 18.1. The lowest BCUT2D eigenvalue weighted by molar-refractivity contribution is 0.190. The lowest BCUT2D eigenvalue weighted by Crippen LogP contribution is -2.42. The van der Waals surface area contributed by atoms with Gasteiger partial charge in [-0.15, -0.1) is 0 Å². The van der Waals surface area contributed by atoms with Crippen LogP contribution < -0.4 is 5.32 Å². The van der Waals surface area contributed by atoms with Crippen molar-refractivity contribution >= 4 is 6.03 Å². The summed E-state index contributed by atoms with van der Waals surface area (Å²) in [5.74, 6) is 1.10. The van der Waals surface area contributed by atoms with Crippen LogP contribution in [0.3, 0.4) is 0 Å². The average Bonchev–Trinajstić information content (AvgIpc) is 3.26. The van der Waals surface area contributed by atoms with E-state index in [9.17, 15) is 4.79 Å². The molecule has 0 aliphatic carbocycles. The Morgan fingerprint density at radius 1 is 1.32 bits per heavy atom. The summed E-state index contributed by atoms with van der Waals surface area (Å²) in [6.45, 7) is 5.78. The Labute approximate surface area is 163 Å². The first-order valence-corrected chi connectivity index (χ1v) is 9.41. The van der Waals surface area contributed by atoms with Crippen LogP contribution in [-0.2, 0) is 19.5 Å². The minimum absolute atomic E-state index is 0.0819. The molecule has 8 heteroatoms. The molecule has 0 radical (unpaired) electrons. The minimum Gasteiger partial charge on any atom is -0.334 e. The standard InChI is InChI=1S/C20H23N7O/c1-14(2)19-22-10-16-6-7-26(11-18(16)25-19)20(28)23-9-15-4-3-5-17(8-15)27-13-21-12-24-27/h3-5,8,10,12-14H,6-7,9,11H2,1-2H3,(H,23,28). The molecule has 8 nitrogen and oxygen atoms in total. The fraction of sp³-hybridized carbons (Fsp3) is 0.350. The van der Waals surface area contributed by atoms with Crippen LogP contribution in [0.15, 0.2) is 43.1 Å². The summed E-state index contributed by atoms with van der Waals surface area (Å²) in [4.78, 5) is 27.5. The number of carbonyl (C=O) groups excluding carboxylic acids is 1. The van der Waals surface area contributed by atoms with Gasteiger partial charge in [0.15, 0.2) is 0 Å². The van der Waals surface area contributed by atoms with Crippen molar-refractivity contribution in [2.24, 2.45) is 0 Å². The summed E-state index contributed by atoms with van der Waals surface area (Å²) in [5.41, 5.74) is 4.00. The van der Waals surface area contributed by atoms with Gasteiger partial charge in [0.25, 0.3) is 0 Å². The molecule has 0 bridgehead atoms. The molecule has 0 saturated heterocycles. The molecule has 0 spiro atoms. The van der Waals surface area contributed by atoms with Crippen molar-refractivity contribution in [3.8, 4) is 5.69 Å². The van der Waals surface area contributed by atoms with E-state index in [-0.39, 0.29) is 11.9 Å². The Morgan fingerprint density at radius 2 is 2.21 bits per heavy atom.